The Morgan fingerprint density at radius 3 is 2.50 bits per heavy atom. The van der Waals surface area contributed by atoms with E-state index in [0.29, 0.717) is 45.9 Å². The molecule has 0 spiro atoms. The van der Waals surface area contributed by atoms with Gasteiger partial charge in [0.25, 0.3) is 5.91 Å². The van der Waals surface area contributed by atoms with E-state index in [1.165, 1.54) is 7.11 Å². The molecule has 2 N–H and O–H groups in total. The summed E-state index contributed by atoms with van der Waals surface area (Å²) >= 11 is 0. The van der Waals surface area contributed by atoms with Crippen LogP contribution >= 0.6 is 0 Å². The number of fused-ring (bicyclic) bond motifs is 1. The molecule has 3 aromatic carbocycles. The highest BCUT2D eigenvalue weighted by Crippen LogP contribution is 2.38. The van der Waals surface area contributed by atoms with Crippen molar-refractivity contribution in [2.75, 3.05) is 31.8 Å². The van der Waals surface area contributed by atoms with Gasteiger partial charge in [-0.2, -0.15) is 5.26 Å². The first-order valence-corrected chi connectivity index (χ1v) is 10.7. The first-order chi connectivity index (χ1) is 16.4. The number of carbonyl (C=O) groups is 2. The summed E-state index contributed by atoms with van der Waals surface area (Å²) < 4.78 is 4.80. The van der Waals surface area contributed by atoms with Crippen LogP contribution in [-0.4, -0.2) is 38.0 Å². The first-order valence-electron chi connectivity index (χ1n) is 10.7. The highest BCUT2D eigenvalue weighted by molar-refractivity contribution is 6.37. The molecule has 7 nitrogen and oxygen atoms in total. The molecule has 0 fully saturated rings. The van der Waals surface area contributed by atoms with E-state index in [9.17, 15) is 14.9 Å². The fraction of sp³-hybridized carbons (Fsp3) is 0.148. The predicted octanol–water partition coefficient (Wildman–Crippen LogP) is 4.34. The van der Waals surface area contributed by atoms with Crippen molar-refractivity contribution in [2.24, 2.45) is 0 Å². The van der Waals surface area contributed by atoms with Crippen molar-refractivity contribution in [3.05, 3.63) is 94.5 Å². The summed E-state index contributed by atoms with van der Waals surface area (Å²) in [6.45, 7) is 0.647. The van der Waals surface area contributed by atoms with Gasteiger partial charge in [-0.25, -0.2) is 4.79 Å². The summed E-state index contributed by atoms with van der Waals surface area (Å²) in [5.74, 6) is -0.758. The van der Waals surface area contributed by atoms with Gasteiger partial charge in [-0.3, -0.25) is 4.79 Å². The van der Waals surface area contributed by atoms with Gasteiger partial charge in [0, 0.05) is 17.8 Å². The van der Waals surface area contributed by atoms with Gasteiger partial charge in [0.15, 0.2) is 0 Å². The zero-order chi connectivity index (χ0) is 24.2. The minimum Gasteiger partial charge on any atom is -0.465 e. The van der Waals surface area contributed by atoms with Crippen LogP contribution in [0.15, 0.2) is 66.7 Å². The number of ether oxygens (including phenoxy) is 1. The summed E-state index contributed by atoms with van der Waals surface area (Å²) in [6, 6.07) is 22.4. The van der Waals surface area contributed by atoms with E-state index in [2.05, 4.69) is 16.7 Å². The number of nitrogens with one attached hydrogen (secondary N) is 2. The lowest BCUT2D eigenvalue weighted by Crippen LogP contribution is -2.12. The van der Waals surface area contributed by atoms with Crippen LogP contribution in [0, 0.1) is 11.3 Å². The number of esters is 1. The van der Waals surface area contributed by atoms with Gasteiger partial charge in [0.1, 0.15) is 0 Å². The molecule has 170 valence electrons. The lowest BCUT2D eigenvalue weighted by atomic mass is 9.98. The van der Waals surface area contributed by atoms with Gasteiger partial charge < -0.3 is 20.3 Å². The van der Waals surface area contributed by atoms with Crippen molar-refractivity contribution in [3.63, 3.8) is 0 Å². The van der Waals surface area contributed by atoms with Crippen molar-refractivity contribution >= 4 is 34.5 Å². The normalized spacial score (nSPS) is 13.7. The van der Waals surface area contributed by atoms with E-state index in [1.54, 1.807) is 24.3 Å². The van der Waals surface area contributed by atoms with E-state index in [-0.39, 0.29) is 5.91 Å². The molecule has 0 bridgehead atoms. The van der Waals surface area contributed by atoms with Crippen LogP contribution in [0.4, 0.5) is 11.4 Å². The summed E-state index contributed by atoms with van der Waals surface area (Å²) in [6.07, 6.45) is 0. The fourth-order valence-corrected chi connectivity index (χ4v) is 3.93. The van der Waals surface area contributed by atoms with Crippen LogP contribution in [0.25, 0.3) is 11.3 Å². The van der Waals surface area contributed by atoms with Crippen molar-refractivity contribution in [3.8, 4) is 6.07 Å². The number of rotatable bonds is 6. The number of hydrogen-bond donors (Lipinski definition) is 2. The molecule has 3 aromatic rings. The molecule has 0 saturated heterocycles. The summed E-state index contributed by atoms with van der Waals surface area (Å²) in [7, 11) is 5.22. The van der Waals surface area contributed by atoms with Crippen molar-refractivity contribution < 1.29 is 14.3 Å². The largest absolute Gasteiger partial charge is 0.465 e. The third-order valence-corrected chi connectivity index (χ3v) is 5.48. The number of amides is 1. The zero-order valence-corrected chi connectivity index (χ0v) is 19.2. The molecule has 1 heterocycles. The van der Waals surface area contributed by atoms with Gasteiger partial charge in [0.05, 0.1) is 41.3 Å². The van der Waals surface area contributed by atoms with Crippen LogP contribution in [0.2, 0.25) is 0 Å². The monoisotopic (exact) mass is 452 g/mol. The zero-order valence-electron chi connectivity index (χ0n) is 19.2. The topological polar surface area (TPSA) is 94.5 Å². The maximum absolute atomic E-state index is 13.1. The Hall–Kier alpha value is -4.41. The van der Waals surface area contributed by atoms with E-state index in [0.717, 1.165) is 11.1 Å². The van der Waals surface area contributed by atoms with Crippen molar-refractivity contribution in [1.82, 2.24) is 4.90 Å². The highest BCUT2D eigenvalue weighted by Gasteiger charge is 2.29. The standard InChI is InChI=1S/C27H24N4O3/c1-31(2)16-19-9-11-21(13-20(19)15-28)29-25(17-7-5-4-6-8-17)24-22-12-10-18(27(33)34-3)14-23(22)30-26(24)32/h4-14,29H,16H2,1-3H3,(H,30,32)/b25-24-. The SMILES string of the molecule is COC(=O)c1ccc2c(c1)NC(=O)/C2=C(\Nc1ccc(CN(C)C)c(C#N)c1)c1ccccc1. The highest BCUT2D eigenvalue weighted by atomic mass is 16.5. The van der Waals surface area contributed by atoms with Gasteiger partial charge >= 0.3 is 5.97 Å². The maximum atomic E-state index is 13.1. The number of benzene rings is 3. The van der Waals surface area contributed by atoms with E-state index in [4.69, 9.17) is 4.74 Å². The van der Waals surface area contributed by atoms with Crippen LogP contribution in [0.3, 0.4) is 0 Å². The fourth-order valence-electron chi connectivity index (χ4n) is 3.93. The van der Waals surface area contributed by atoms with Crippen LogP contribution in [0.1, 0.15) is 32.6 Å². The van der Waals surface area contributed by atoms with E-state index in [1.807, 2.05) is 61.5 Å². The number of carbonyl (C=O) groups excluding carboxylic acids is 2. The Bertz CT molecular complexity index is 1340. The summed E-state index contributed by atoms with van der Waals surface area (Å²) in [5, 5.41) is 15.9. The maximum Gasteiger partial charge on any atom is 0.337 e. The van der Waals surface area contributed by atoms with Crippen LogP contribution in [-0.2, 0) is 16.1 Å². The molecule has 7 heteroatoms. The Kier molecular flexibility index (Phi) is 6.44. The number of methoxy groups -OCH3 is 1. The molecule has 0 aromatic heterocycles. The van der Waals surface area contributed by atoms with Crippen LogP contribution < -0.4 is 10.6 Å². The minimum atomic E-state index is -0.474. The minimum absolute atomic E-state index is 0.284. The number of nitriles is 1. The smallest absolute Gasteiger partial charge is 0.337 e. The number of nitrogens with zero attached hydrogens (tertiary/aromatic N) is 2. The molecule has 0 radical (unpaired) electrons. The quantitative estimate of drug-likeness (QED) is 0.427. The Morgan fingerprint density at radius 1 is 1.06 bits per heavy atom. The second-order valence-corrected chi connectivity index (χ2v) is 8.17. The van der Waals surface area contributed by atoms with Crippen molar-refractivity contribution in [2.45, 2.75) is 6.54 Å². The molecule has 1 amide bonds. The molecular formula is C27H24N4O3. The average Bonchev–Trinajstić information content (AvgIpc) is 3.17. The van der Waals surface area contributed by atoms with Gasteiger partial charge in [-0.15, -0.1) is 0 Å². The van der Waals surface area contributed by atoms with Crippen molar-refractivity contribution in [1.29, 1.82) is 5.26 Å². The molecule has 0 atom stereocenters. The third-order valence-electron chi connectivity index (χ3n) is 5.48. The van der Waals surface area contributed by atoms with Gasteiger partial charge in [0.2, 0.25) is 0 Å². The number of hydrogen-bond acceptors (Lipinski definition) is 6. The predicted molar refractivity (Wildman–Crippen MR) is 132 cm³/mol. The summed E-state index contributed by atoms with van der Waals surface area (Å²) in [4.78, 5) is 27.0. The Morgan fingerprint density at radius 2 is 1.82 bits per heavy atom. The molecule has 0 saturated carbocycles. The molecule has 4 rings (SSSR count). The first kappa shape index (κ1) is 22.8. The molecule has 1 aliphatic heterocycles. The van der Waals surface area contributed by atoms with Crippen LogP contribution in [0.5, 0.6) is 0 Å². The second-order valence-electron chi connectivity index (χ2n) is 8.17. The molecule has 1 aliphatic rings. The lowest BCUT2D eigenvalue weighted by molar-refractivity contribution is -0.110. The van der Waals surface area contributed by atoms with Gasteiger partial charge in [-0.05, 0) is 49.5 Å². The Balaban J connectivity index is 1.83. The molecule has 34 heavy (non-hydrogen) atoms. The number of anilines is 2. The lowest BCUT2D eigenvalue weighted by Gasteiger charge is -2.17. The average molecular weight is 453 g/mol. The Labute approximate surface area is 198 Å². The molecule has 0 unspecified atom stereocenters. The molecule has 0 aliphatic carbocycles. The molecular weight excluding hydrogens is 428 g/mol. The third kappa shape index (κ3) is 4.53. The van der Waals surface area contributed by atoms with E-state index < -0.39 is 5.97 Å². The van der Waals surface area contributed by atoms with E-state index >= 15 is 0 Å². The van der Waals surface area contributed by atoms with Gasteiger partial charge in [-0.1, -0.05) is 42.5 Å². The summed E-state index contributed by atoms with van der Waals surface area (Å²) in [5.41, 5.74) is 5.62. The second kappa shape index (κ2) is 9.61.